The maximum absolute atomic E-state index is 12.5. The third kappa shape index (κ3) is 1.81. The molecular weight excluding hydrogens is 252 g/mol. The summed E-state index contributed by atoms with van der Waals surface area (Å²) in [6.45, 7) is 3.88. The second kappa shape index (κ2) is 4.74. The van der Waals surface area contributed by atoms with Crippen molar-refractivity contribution in [3.63, 3.8) is 0 Å². The number of anilines is 2. The zero-order valence-corrected chi connectivity index (χ0v) is 11.9. The van der Waals surface area contributed by atoms with E-state index in [0.717, 1.165) is 23.6 Å². The Hall–Kier alpha value is -2.17. The van der Waals surface area contributed by atoms with Crippen LogP contribution < -0.4 is 9.80 Å². The van der Waals surface area contributed by atoms with Gasteiger partial charge in [0.05, 0.1) is 6.20 Å². The van der Waals surface area contributed by atoms with Crippen LogP contribution in [0, 0.1) is 13.3 Å². The highest BCUT2D eigenvalue weighted by atomic mass is 16.2. The maximum Gasteiger partial charge on any atom is 0.249 e. The Morgan fingerprint density at radius 2 is 2.15 bits per heavy atom. The van der Waals surface area contributed by atoms with Crippen molar-refractivity contribution in [2.45, 2.75) is 26.3 Å². The summed E-state index contributed by atoms with van der Waals surface area (Å²) in [5.41, 5.74) is 1.75. The number of amides is 1. The van der Waals surface area contributed by atoms with Gasteiger partial charge in [0.2, 0.25) is 5.91 Å². The first-order valence-corrected chi connectivity index (χ1v) is 6.75. The molecule has 1 aliphatic carbocycles. The fourth-order valence-corrected chi connectivity index (χ4v) is 2.65. The normalized spacial score (nSPS) is 21.2. The van der Waals surface area contributed by atoms with E-state index in [1.807, 2.05) is 43.4 Å². The molecule has 20 heavy (non-hydrogen) atoms. The van der Waals surface area contributed by atoms with E-state index in [0.29, 0.717) is 5.82 Å². The molecule has 5 heteroatoms. The van der Waals surface area contributed by atoms with Crippen LogP contribution in [-0.4, -0.2) is 29.0 Å². The smallest absolute Gasteiger partial charge is 0.249 e. The third-order valence-corrected chi connectivity index (χ3v) is 3.70. The first-order valence-electron chi connectivity index (χ1n) is 6.75. The van der Waals surface area contributed by atoms with Gasteiger partial charge in [-0.2, -0.15) is 0 Å². The summed E-state index contributed by atoms with van der Waals surface area (Å²) >= 11 is 0. The van der Waals surface area contributed by atoms with Gasteiger partial charge in [0.25, 0.3) is 0 Å². The van der Waals surface area contributed by atoms with Crippen LogP contribution in [0.2, 0.25) is 0 Å². The zero-order valence-electron chi connectivity index (χ0n) is 11.9. The molecule has 0 aromatic carbocycles. The number of fused-ring (bicyclic) bond motifs is 1. The molecule has 1 atom stereocenters. The second-order valence-corrected chi connectivity index (χ2v) is 4.96. The number of likely N-dealkylation sites (N-methyl/N-ethyl adjacent to an activating group) is 1. The van der Waals surface area contributed by atoms with Gasteiger partial charge in [0, 0.05) is 19.2 Å². The number of aryl methyl sites for hydroxylation is 1. The zero-order chi connectivity index (χ0) is 14.3. The van der Waals surface area contributed by atoms with Crippen LogP contribution in [0.25, 0.3) is 0 Å². The van der Waals surface area contributed by atoms with Crippen LogP contribution in [-0.2, 0) is 4.79 Å². The first-order chi connectivity index (χ1) is 9.63. The van der Waals surface area contributed by atoms with Crippen LogP contribution in [0.5, 0.6) is 0 Å². The van der Waals surface area contributed by atoms with Crippen molar-refractivity contribution in [3.05, 3.63) is 42.4 Å². The van der Waals surface area contributed by atoms with E-state index in [-0.39, 0.29) is 11.9 Å². The molecule has 3 rings (SSSR count). The molecule has 2 heterocycles. The van der Waals surface area contributed by atoms with Crippen molar-refractivity contribution in [1.29, 1.82) is 0 Å². The predicted octanol–water partition coefficient (Wildman–Crippen LogP) is 2.00. The standard InChI is InChI=1S/C15H17N4O/c1-4-12-15(20)18(3)13-9-16-10(2)17-14(13)19(12)11-7-5-6-8-11/h5-9,12H,4H2,1-3H3/t12-/m1/s1. The van der Waals surface area contributed by atoms with Crippen LogP contribution in [0.1, 0.15) is 19.2 Å². The van der Waals surface area contributed by atoms with Crippen molar-refractivity contribution in [3.8, 4) is 0 Å². The van der Waals surface area contributed by atoms with E-state index < -0.39 is 0 Å². The molecule has 2 aliphatic rings. The van der Waals surface area contributed by atoms with E-state index in [9.17, 15) is 4.79 Å². The minimum Gasteiger partial charge on any atom is -0.315 e. The van der Waals surface area contributed by atoms with Crippen LogP contribution in [0.3, 0.4) is 0 Å². The predicted molar refractivity (Wildman–Crippen MR) is 78.3 cm³/mol. The van der Waals surface area contributed by atoms with Gasteiger partial charge in [-0.25, -0.2) is 9.97 Å². The monoisotopic (exact) mass is 269 g/mol. The fourth-order valence-electron chi connectivity index (χ4n) is 2.65. The highest BCUT2D eigenvalue weighted by Gasteiger charge is 2.38. The lowest BCUT2D eigenvalue weighted by Gasteiger charge is -2.40. The highest BCUT2D eigenvalue weighted by molar-refractivity contribution is 6.05. The quantitative estimate of drug-likeness (QED) is 0.824. The van der Waals surface area contributed by atoms with Gasteiger partial charge in [-0.15, -0.1) is 0 Å². The van der Waals surface area contributed by atoms with Crippen molar-refractivity contribution < 1.29 is 4.79 Å². The van der Waals surface area contributed by atoms with Gasteiger partial charge < -0.3 is 9.80 Å². The van der Waals surface area contributed by atoms with E-state index >= 15 is 0 Å². The first kappa shape index (κ1) is 12.8. The van der Waals surface area contributed by atoms with Crippen molar-refractivity contribution in [1.82, 2.24) is 9.97 Å². The molecule has 1 radical (unpaired) electrons. The Bertz CT molecular complexity index is 620. The Kier molecular flexibility index (Phi) is 3.04. The Labute approximate surface area is 118 Å². The summed E-state index contributed by atoms with van der Waals surface area (Å²) < 4.78 is 0. The summed E-state index contributed by atoms with van der Waals surface area (Å²) in [7, 11) is 1.78. The molecular formula is C15H17N4O. The number of carbonyl (C=O) groups is 1. The molecule has 0 N–H and O–H groups in total. The van der Waals surface area contributed by atoms with Crippen molar-refractivity contribution in [2.24, 2.45) is 0 Å². The minimum atomic E-state index is -0.218. The molecule has 1 amide bonds. The molecule has 0 fully saturated rings. The van der Waals surface area contributed by atoms with Crippen molar-refractivity contribution >= 4 is 17.4 Å². The molecule has 0 saturated heterocycles. The lowest BCUT2D eigenvalue weighted by Crippen LogP contribution is -2.52. The molecule has 1 aromatic heterocycles. The molecule has 0 saturated carbocycles. The highest BCUT2D eigenvalue weighted by Crippen LogP contribution is 2.37. The molecule has 0 spiro atoms. The van der Waals surface area contributed by atoms with Crippen molar-refractivity contribution in [2.75, 3.05) is 16.8 Å². The second-order valence-electron chi connectivity index (χ2n) is 4.96. The number of carbonyl (C=O) groups excluding carboxylic acids is 1. The number of hydrogen-bond donors (Lipinski definition) is 0. The average molecular weight is 269 g/mol. The molecule has 5 nitrogen and oxygen atoms in total. The average Bonchev–Trinajstić information content (AvgIpc) is 2.96. The van der Waals surface area contributed by atoms with Crippen LogP contribution in [0.15, 0.2) is 30.1 Å². The van der Waals surface area contributed by atoms with E-state index in [1.54, 1.807) is 18.1 Å². The Morgan fingerprint density at radius 3 is 2.80 bits per heavy atom. The van der Waals surface area contributed by atoms with Gasteiger partial charge in [-0.05, 0) is 19.4 Å². The fraction of sp³-hybridized carbons (Fsp3) is 0.333. The van der Waals surface area contributed by atoms with Crippen LogP contribution in [0.4, 0.5) is 11.5 Å². The molecule has 1 aliphatic heterocycles. The summed E-state index contributed by atoms with van der Waals surface area (Å²) in [6.07, 6.45) is 10.4. The van der Waals surface area contributed by atoms with Gasteiger partial charge >= 0.3 is 0 Å². The number of rotatable bonds is 2. The summed E-state index contributed by atoms with van der Waals surface area (Å²) in [5, 5.41) is 0. The van der Waals surface area contributed by atoms with E-state index in [2.05, 4.69) is 9.97 Å². The topological polar surface area (TPSA) is 49.3 Å². The number of allylic oxidation sites excluding steroid dienone is 3. The maximum atomic E-state index is 12.5. The molecule has 103 valence electrons. The van der Waals surface area contributed by atoms with E-state index in [4.69, 9.17) is 0 Å². The number of hydrogen-bond acceptors (Lipinski definition) is 4. The van der Waals surface area contributed by atoms with Gasteiger partial charge in [0.1, 0.15) is 17.6 Å². The Balaban J connectivity index is 2.16. The van der Waals surface area contributed by atoms with Gasteiger partial charge in [-0.3, -0.25) is 4.79 Å². The molecule has 1 aromatic rings. The summed E-state index contributed by atoms with van der Waals surface area (Å²) in [5.74, 6) is 1.59. The summed E-state index contributed by atoms with van der Waals surface area (Å²) in [4.78, 5) is 25.0. The molecule has 0 bridgehead atoms. The lowest BCUT2D eigenvalue weighted by atomic mass is 10.1. The van der Waals surface area contributed by atoms with Gasteiger partial charge in [0.15, 0.2) is 5.82 Å². The molecule has 0 unspecified atom stereocenters. The number of aromatic nitrogens is 2. The van der Waals surface area contributed by atoms with E-state index in [1.165, 1.54) is 0 Å². The van der Waals surface area contributed by atoms with Crippen LogP contribution >= 0.6 is 0 Å². The lowest BCUT2D eigenvalue weighted by molar-refractivity contribution is -0.119. The largest absolute Gasteiger partial charge is 0.315 e. The van der Waals surface area contributed by atoms with Gasteiger partial charge in [-0.1, -0.05) is 19.1 Å². The Morgan fingerprint density at radius 1 is 1.35 bits per heavy atom. The number of nitrogens with zero attached hydrogens (tertiary/aromatic N) is 4. The SMILES string of the molecule is CC[C@@H]1C(=O)N(C)c2cnc(C)nc2N1C1=CC=C[CH]1. The summed E-state index contributed by atoms with van der Waals surface area (Å²) in [6, 6.07) is -0.218. The third-order valence-electron chi connectivity index (χ3n) is 3.70. The minimum absolute atomic E-state index is 0.0775.